The van der Waals surface area contributed by atoms with Gasteiger partial charge in [0.2, 0.25) is 0 Å². The van der Waals surface area contributed by atoms with Crippen molar-refractivity contribution in [3.05, 3.63) is 59.3 Å². The molecule has 1 fully saturated rings. The number of phenols is 1. The van der Waals surface area contributed by atoms with Crippen LogP contribution in [0.2, 0.25) is 0 Å². The van der Waals surface area contributed by atoms with E-state index in [-0.39, 0.29) is 30.7 Å². The SMILES string of the molecule is CCOC(=O)c1c(CSc2ccccc2)n(C)c2ccc(O)c(CN3CCC(C(=O)O)CC3)c12.Cl. The average molecular weight is 519 g/mol. The number of piperidine rings is 1. The zero-order chi connectivity index (χ0) is 24.2. The third kappa shape index (κ3) is 5.77. The number of nitrogens with zero attached hydrogens (tertiary/aromatic N) is 2. The lowest BCUT2D eigenvalue weighted by atomic mass is 9.96. The van der Waals surface area contributed by atoms with Crippen LogP contribution in [0.1, 0.15) is 41.4 Å². The summed E-state index contributed by atoms with van der Waals surface area (Å²) in [6, 6.07) is 13.5. The van der Waals surface area contributed by atoms with Gasteiger partial charge in [-0.1, -0.05) is 18.2 Å². The summed E-state index contributed by atoms with van der Waals surface area (Å²) in [5.74, 6) is -0.764. The summed E-state index contributed by atoms with van der Waals surface area (Å²) in [4.78, 5) is 27.7. The summed E-state index contributed by atoms with van der Waals surface area (Å²) in [6.07, 6.45) is 1.15. The summed E-state index contributed by atoms with van der Waals surface area (Å²) in [5, 5.41) is 20.8. The van der Waals surface area contributed by atoms with Gasteiger partial charge in [0, 0.05) is 46.4 Å². The quantitative estimate of drug-likeness (QED) is 0.317. The molecule has 188 valence electrons. The number of carbonyl (C=O) groups excluding carboxylic acids is 1. The van der Waals surface area contributed by atoms with Gasteiger partial charge >= 0.3 is 11.9 Å². The maximum Gasteiger partial charge on any atom is 0.340 e. The highest BCUT2D eigenvalue weighted by atomic mass is 35.5. The molecular formula is C26H31ClN2O5S. The number of likely N-dealkylation sites (tertiary alicyclic amines) is 1. The lowest BCUT2D eigenvalue weighted by Gasteiger charge is -2.30. The summed E-state index contributed by atoms with van der Waals surface area (Å²) in [6.45, 7) is 3.75. The zero-order valence-electron chi connectivity index (χ0n) is 19.9. The molecule has 0 amide bonds. The molecule has 1 aliphatic heterocycles. The van der Waals surface area contributed by atoms with Crippen molar-refractivity contribution in [3.8, 4) is 5.75 Å². The van der Waals surface area contributed by atoms with Crippen molar-refractivity contribution in [1.29, 1.82) is 0 Å². The topological polar surface area (TPSA) is 92.0 Å². The molecule has 1 aliphatic rings. The Morgan fingerprint density at radius 3 is 2.43 bits per heavy atom. The molecule has 3 aromatic rings. The average Bonchev–Trinajstić information content (AvgIpc) is 3.12. The van der Waals surface area contributed by atoms with E-state index in [9.17, 15) is 19.8 Å². The second-order valence-electron chi connectivity index (χ2n) is 8.55. The molecule has 0 atom stereocenters. The largest absolute Gasteiger partial charge is 0.508 e. The van der Waals surface area contributed by atoms with E-state index in [4.69, 9.17) is 4.74 Å². The molecule has 2 N–H and O–H groups in total. The lowest BCUT2D eigenvalue weighted by molar-refractivity contribution is -0.143. The van der Waals surface area contributed by atoms with Gasteiger partial charge in [-0.3, -0.25) is 9.69 Å². The molecule has 0 saturated carbocycles. The number of ether oxygens (including phenoxy) is 1. The summed E-state index contributed by atoms with van der Waals surface area (Å²) in [7, 11) is 1.94. The number of benzene rings is 2. The molecule has 0 unspecified atom stereocenters. The molecule has 0 radical (unpaired) electrons. The normalized spacial score (nSPS) is 14.6. The highest BCUT2D eigenvalue weighted by molar-refractivity contribution is 7.98. The van der Waals surface area contributed by atoms with Crippen LogP contribution in [0.25, 0.3) is 10.9 Å². The zero-order valence-corrected chi connectivity index (χ0v) is 21.5. The van der Waals surface area contributed by atoms with Crippen LogP contribution in [0.3, 0.4) is 0 Å². The minimum absolute atomic E-state index is 0. The van der Waals surface area contributed by atoms with E-state index < -0.39 is 11.9 Å². The van der Waals surface area contributed by atoms with Crippen molar-refractivity contribution in [2.75, 3.05) is 19.7 Å². The number of thioether (sulfide) groups is 1. The second-order valence-corrected chi connectivity index (χ2v) is 9.60. The molecular weight excluding hydrogens is 488 g/mol. The maximum absolute atomic E-state index is 13.2. The van der Waals surface area contributed by atoms with Crippen LogP contribution in [-0.2, 0) is 28.9 Å². The minimum Gasteiger partial charge on any atom is -0.508 e. The van der Waals surface area contributed by atoms with E-state index in [0.717, 1.165) is 16.1 Å². The maximum atomic E-state index is 13.2. The lowest BCUT2D eigenvalue weighted by Crippen LogP contribution is -2.35. The van der Waals surface area contributed by atoms with E-state index in [1.807, 2.05) is 48.0 Å². The van der Waals surface area contributed by atoms with E-state index in [0.29, 0.717) is 54.7 Å². The number of aliphatic carboxylic acids is 1. The van der Waals surface area contributed by atoms with E-state index >= 15 is 0 Å². The number of carboxylic acids is 1. The Labute approximate surface area is 215 Å². The van der Waals surface area contributed by atoms with Crippen LogP contribution in [0.15, 0.2) is 47.4 Å². The first-order chi connectivity index (χ1) is 16.4. The van der Waals surface area contributed by atoms with Crippen molar-refractivity contribution in [2.24, 2.45) is 13.0 Å². The number of hydrogen-bond donors (Lipinski definition) is 2. The van der Waals surface area contributed by atoms with Gasteiger partial charge in [-0.05, 0) is 57.1 Å². The summed E-state index contributed by atoms with van der Waals surface area (Å²) < 4.78 is 7.46. The molecule has 0 bridgehead atoms. The Kier molecular flexibility index (Phi) is 9.10. The molecule has 1 aromatic heterocycles. The number of fused-ring (bicyclic) bond motifs is 1. The molecule has 4 rings (SSSR count). The fourth-order valence-electron chi connectivity index (χ4n) is 4.62. The number of hydrogen-bond acceptors (Lipinski definition) is 6. The number of aromatic nitrogens is 1. The number of esters is 1. The smallest absolute Gasteiger partial charge is 0.340 e. The molecule has 2 aromatic carbocycles. The van der Waals surface area contributed by atoms with E-state index in [1.54, 1.807) is 24.8 Å². The predicted molar refractivity (Wildman–Crippen MR) is 139 cm³/mol. The van der Waals surface area contributed by atoms with Crippen LogP contribution >= 0.6 is 24.2 Å². The molecule has 35 heavy (non-hydrogen) atoms. The molecule has 2 heterocycles. The fourth-order valence-corrected chi connectivity index (χ4v) is 5.61. The highest BCUT2D eigenvalue weighted by Gasteiger charge is 2.29. The Morgan fingerprint density at radius 1 is 1.11 bits per heavy atom. The Morgan fingerprint density at radius 2 is 1.80 bits per heavy atom. The van der Waals surface area contributed by atoms with Crippen molar-refractivity contribution >= 4 is 47.0 Å². The van der Waals surface area contributed by atoms with Crippen molar-refractivity contribution in [3.63, 3.8) is 0 Å². The highest BCUT2D eigenvalue weighted by Crippen LogP contribution is 2.37. The molecule has 0 aliphatic carbocycles. The predicted octanol–water partition coefficient (Wildman–Crippen LogP) is 5.07. The van der Waals surface area contributed by atoms with Crippen molar-refractivity contribution in [2.45, 2.75) is 37.0 Å². The van der Waals surface area contributed by atoms with Gasteiger partial charge in [-0.15, -0.1) is 24.2 Å². The van der Waals surface area contributed by atoms with Crippen LogP contribution in [0.4, 0.5) is 0 Å². The first kappa shape index (κ1) is 26.9. The minimum atomic E-state index is -0.752. The van der Waals surface area contributed by atoms with Gasteiger partial charge in [0.25, 0.3) is 0 Å². The first-order valence-corrected chi connectivity index (χ1v) is 12.5. The monoisotopic (exact) mass is 518 g/mol. The van der Waals surface area contributed by atoms with Gasteiger partial charge in [0.15, 0.2) is 0 Å². The first-order valence-electron chi connectivity index (χ1n) is 11.5. The number of carboxylic acid groups (broad SMARTS) is 1. The summed E-state index contributed by atoms with van der Waals surface area (Å²) >= 11 is 1.64. The molecule has 0 spiro atoms. The van der Waals surface area contributed by atoms with Gasteiger partial charge in [0.1, 0.15) is 5.75 Å². The Bertz CT molecular complexity index is 1190. The van der Waals surface area contributed by atoms with Crippen molar-refractivity contribution in [1.82, 2.24) is 9.47 Å². The fraction of sp³-hybridized carbons (Fsp3) is 0.385. The number of aromatic hydroxyl groups is 1. The molecule has 1 saturated heterocycles. The van der Waals surface area contributed by atoms with Gasteiger partial charge in [-0.2, -0.15) is 0 Å². The Balaban J connectivity index is 0.00000342. The number of halogens is 1. The number of carbonyl (C=O) groups is 2. The van der Waals surface area contributed by atoms with Crippen LogP contribution in [0.5, 0.6) is 5.75 Å². The second kappa shape index (κ2) is 11.8. The van der Waals surface area contributed by atoms with Crippen molar-refractivity contribution < 1.29 is 24.5 Å². The van der Waals surface area contributed by atoms with E-state index in [1.165, 1.54) is 0 Å². The number of rotatable bonds is 8. The standard InChI is InChI=1S/C26H30N2O5S.ClH/c1-3-33-26(32)24-21(16-34-18-7-5-4-6-8-18)27(2)20-9-10-22(29)19(23(20)24)15-28-13-11-17(12-14-28)25(30)31;/h4-10,17,29H,3,11-16H2,1-2H3,(H,30,31);1H. The van der Waals surface area contributed by atoms with Crippen LogP contribution in [-0.4, -0.2) is 51.3 Å². The third-order valence-electron chi connectivity index (χ3n) is 6.49. The van der Waals surface area contributed by atoms with Gasteiger partial charge in [-0.25, -0.2) is 4.79 Å². The van der Waals surface area contributed by atoms with Crippen LogP contribution in [0, 0.1) is 5.92 Å². The number of phenolic OH excluding ortho intramolecular Hbond substituents is 1. The Hall–Kier alpha value is -2.68. The van der Waals surface area contributed by atoms with Gasteiger partial charge in [0.05, 0.1) is 18.1 Å². The van der Waals surface area contributed by atoms with E-state index in [2.05, 4.69) is 4.90 Å². The molecule has 9 heteroatoms. The van der Waals surface area contributed by atoms with Gasteiger partial charge < -0.3 is 19.5 Å². The third-order valence-corrected chi connectivity index (χ3v) is 7.51. The summed E-state index contributed by atoms with van der Waals surface area (Å²) in [5.41, 5.74) is 2.88. The number of aryl methyl sites for hydroxylation is 1. The molecule has 7 nitrogen and oxygen atoms in total. The van der Waals surface area contributed by atoms with Crippen LogP contribution < -0.4 is 0 Å².